The number of ether oxygens (including phenoxy) is 1. The van der Waals surface area contributed by atoms with Gasteiger partial charge in [-0.05, 0) is 37.9 Å². The molecule has 19 heavy (non-hydrogen) atoms. The third-order valence-corrected chi connectivity index (χ3v) is 4.11. The van der Waals surface area contributed by atoms with Crippen molar-refractivity contribution < 1.29 is 9.13 Å². The molecule has 2 unspecified atom stereocenters. The fraction of sp³-hybridized carbons (Fsp3) is 0.600. The van der Waals surface area contributed by atoms with Gasteiger partial charge in [0.15, 0.2) is 11.6 Å². The monoisotopic (exact) mass is 264 g/mol. The lowest BCUT2D eigenvalue weighted by molar-refractivity contribution is 0.197. The maximum Gasteiger partial charge on any atom is 0.165 e. The molecule has 0 aliphatic carbocycles. The summed E-state index contributed by atoms with van der Waals surface area (Å²) in [4.78, 5) is 2.43. The fourth-order valence-electron chi connectivity index (χ4n) is 3.06. The van der Waals surface area contributed by atoms with Crippen molar-refractivity contribution in [2.75, 3.05) is 26.2 Å². The molecule has 0 spiro atoms. The van der Waals surface area contributed by atoms with E-state index in [0.29, 0.717) is 24.4 Å². The van der Waals surface area contributed by atoms with Crippen molar-refractivity contribution in [1.29, 1.82) is 0 Å². The van der Waals surface area contributed by atoms with Gasteiger partial charge in [0.25, 0.3) is 0 Å². The first kappa shape index (κ1) is 12.9. The number of nitrogens with one attached hydrogen (secondary N) is 1. The van der Waals surface area contributed by atoms with E-state index in [0.717, 1.165) is 19.6 Å². The zero-order valence-corrected chi connectivity index (χ0v) is 11.1. The molecule has 0 aromatic heterocycles. The Morgan fingerprint density at radius 2 is 2.05 bits per heavy atom. The molecular formula is C15H21FN2O. The van der Waals surface area contributed by atoms with Crippen molar-refractivity contribution in [3.63, 3.8) is 0 Å². The van der Waals surface area contributed by atoms with Crippen LogP contribution in [0.4, 0.5) is 4.39 Å². The molecule has 0 radical (unpaired) electrons. The minimum Gasteiger partial charge on any atom is -0.489 e. The summed E-state index contributed by atoms with van der Waals surface area (Å²) in [5, 5.41) is 3.66. The van der Waals surface area contributed by atoms with Gasteiger partial charge in [0.2, 0.25) is 0 Å². The summed E-state index contributed by atoms with van der Waals surface area (Å²) >= 11 is 0. The number of hydrogen-bond donors (Lipinski definition) is 1. The predicted molar refractivity (Wildman–Crippen MR) is 72.9 cm³/mol. The van der Waals surface area contributed by atoms with E-state index in [9.17, 15) is 4.39 Å². The van der Waals surface area contributed by atoms with Gasteiger partial charge in [-0.1, -0.05) is 12.1 Å². The lowest BCUT2D eigenvalue weighted by atomic mass is 10.1. The van der Waals surface area contributed by atoms with Crippen LogP contribution in [0.25, 0.3) is 0 Å². The Morgan fingerprint density at radius 1 is 1.21 bits per heavy atom. The van der Waals surface area contributed by atoms with E-state index in [1.807, 2.05) is 0 Å². The molecule has 2 fully saturated rings. The molecule has 2 atom stereocenters. The van der Waals surface area contributed by atoms with Gasteiger partial charge in [-0.3, -0.25) is 4.90 Å². The van der Waals surface area contributed by atoms with Crippen LogP contribution in [0.15, 0.2) is 24.3 Å². The second-order valence-electron chi connectivity index (χ2n) is 5.51. The SMILES string of the molecule is Fc1ccccc1OCCN1CCC2CCC(C1)N2. The molecule has 0 saturated carbocycles. The Bertz CT molecular complexity index is 426. The summed E-state index contributed by atoms with van der Waals surface area (Å²) in [6.07, 6.45) is 3.83. The highest BCUT2D eigenvalue weighted by atomic mass is 19.1. The maximum absolute atomic E-state index is 13.4. The summed E-state index contributed by atoms with van der Waals surface area (Å²) < 4.78 is 18.9. The lowest BCUT2D eigenvalue weighted by Gasteiger charge is -2.23. The number of fused-ring (bicyclic) bond motifs is 2. The van der Waals surface area contributed by atoms with Gasteiger partial charge in [0.1, 0.15) is 6.61 Å². The van der Waals surface area contributed by atoms with E-state index in [4.69, 9.17) is 4.74 Å². The summed E-state index contributed by atoms with van der Waals surface area (Å²) in [5.41, 5.74) is 0. The molecule has 3 rings (SSSR count). The van der Waals surface area contributed by atoms with E-state index >= 15 is 0 Å². The second-order valence-corrected chi connectivity index (χ2v) is 5.51. The Labute approximate surface area is 113 Å². The third-order valence-electron chi connectivity index (χ3n) is 4.11. The molecule has 2 heterocycles. The van der Waals surface area contributed by atoms with Crippen LogP contribution in [0.1, 0.15) is 19.3 Å². The molecule has 2 aliphatic heterocycles. The molecule has 2 aliphatic rings. The normalized spacial score (nSPS) is 27.2. The van der Waals surface area contributed by atoms with Crippen molar-refractivity contribution >= 4 is 0 Å². The first-order chi connectivity index (χ1) is 9.31. The van der Waals surface area contributed by atoms with Gasteiger partial charge in [-0.2, -0.15) is 0 Å². The molecular weight excluding hydrogens is 243 g/mol. The number of rotatable bonds is 4. The Balaban J connectivity index is 1.46. The van der Waals surface area contributed by atoms with E-state index in [1.165, 1.54) is 25.3 Å². The van der Waals surface area contributed by atoms with Gasteiger partial charge >= 0.3 is 0 Å². The van der Waals surface area contributed by atoms with Gasteiger partial charge in [0.05, 0.1) is 0 Å². The van der Waals surface area contributed by atoms with Crippen molar-refractivity contribution in [3.05, 3.63) is 30.1 Å². The zero-order valence-electron chi connectivity index (χ0n) is 11.1. The minimum atomic E-state index is -0.279. The summed E-state index contributed by atoms with van der Waals surface area (Å²) in [6, 6.07) is 7.95. The van der Waals surface area contributed by atoms with Gasteiger partial charge in [0, 0.05) is 25.2 Å². The highest BCUT2D eigenvalue weighted by Gasteiger charge is 2.28. The van der Waals surface area contributed by atoms with Crippen LogP contribution >= 0.6 is 0 Å². The standard InChI is InChI=1S/C15H21FN2O/c16-14-3-1-2-4-15(14)19-10-9-18-8-7-12-5-6-13(11-18)17-12/h1-4,12-13,17H,5-11H2. The minimum absolute atomic E-state index is 0.279. The molecule has 2 saturated heterocycles. The molecule has 2 bridgehead atoms. The first-order valence-electron chi connectivity index (χ1n) is 7.17. The maximum atomic E-state index is 13.4. The first-order valence-corrected chi connectivity index (χ1v) is 7.17. The van der Waals surface area contributed by atoms with Gasteiger partial charge < -0.3 is 10.1 Å². The summed E-state index contributed by atoms with van der Waals surface area (Å²) in [6.45, 7) is 3.64. The van der Waals surface area contributed by atoms with Crippen molar-refractivity contribution in [2.24, 2.45) is 0 Å². The highest BCUT2D eigenvalue weighted by molar-refractivity contribution is 5.23. The Kier molecular flexibility index (Phi) is 3.99. The largest absolute Gasteiger partial charge is 0.489 e. The molecule has 104 valence electrons. The fourth-order valence-corrected chi connectivity index (χ4v) is 3.06. The number of benzene rings is 1. The smallest absolute Gasteiger partial charge is 0.165 e. The van der Waals surface area contributed by atoms with E-state index in [-0.39, 0.29) is 5.82 Å². The number of hydrogen-bond acceptors (Lipinski definition) is 3. The third kappa shape index (κ3) is 3.25. The molecule has 1 aromatic carbocycles. The van der Waals surface area contributed by atoms with Crippen molar-refractivity contribution in [3.8, 4) is 5.75 Å². The van der Waals surface area contributed by atoms with Crippen LogP contribution in [-0.2, 0) is 0 Å². The Hall–Kier alpha value is -1.13. The van der Waals surface area contributed by atoms with Crippen LogP contribution in [0.5, 0.6) is 5.75 Å². The number of para-hydroxylation sites is 1. The average molecular weight is 264 g/mol. The van der Waals surface area contributed by atoms with Crippen LogP contribution in [-0.4, -0.2) is 43.2 Å². The quantitative estimate of drug-likeness (QED) is 0.900. The predicted octanol–water partition coefficient (Wildman–Crippen LogP) is 2.03. The summed E-state index contributed by atoms with van der Waals surface area (Å²) in [7, 11) is 0. The van der Waals surface area contributed by atoms with Crippen molar-refractivity contribution in [2.45, 2.75) is 31.3 Å². The molecule has 0 amide bonds. The molecule has 4 heteroatoms. The van der Waals surface area contributed by atoms with Crippen LogP contribution in [0, 0.1) is 5.82 Å². The van der Waals surface area contributed by atoms with Crippen LogP contribution in [0.2, 0.25) is 0 Å². The van der Waals surface area contributed by atoms with Gasteiger partial charge in [-0.15, -0.1) is 0 Å². The lowest BCUT2D eigenvalue weighted by Crippen LogP contribution is -2.37. The van der Waals surface area contributed by atoms with E-state index in [2.05, 4.69) is 10.2 Å². The second kappa shape index (κ2) is 5.88. The average Bonchev–Trinajstić information content (AvgIpc) is 2.74. The zero-order chi connectivity index (χ0) is 13.1. The number of halogens is 1. The topological polar surface area (TPSA) is 24.5 Å². The summed E-state index contributed by atoms with van der Waals surface area (Å²) in [5.74, 6) is 0.0797. The van der Waals surface area contributed by atoms with Crippen LogP contribution in [0.3, 0.4) is 0 Å². The molecule has 1 N–H and O–H groups in total. The van der Waals surface area contributed by atoms with Gasteiger partial charge in [-0.25, -0.2) is 4.39 Å². The molecule has 3 nitrogen and oxygen atoms in total. The van der Waals surface area contributed by atoms with E-state index in [1.54, 1.807) is 18.2 Å². The van der Waals surface area contributed by atoms with E-state index < -0.39 is 0 Å². The number of nitrogens with zero attached hydrogens (tertiary/aromatic N) is 1. The Morgan fingerprint density at radius 3 is 2.95 bits per heavy atom. The van der Waals surface area contributed by atoms with Crippen LogP contribution < -0.4 is 10.1 Å². The number of likely N-dealkylation sites (tertiary alicyclic amines) is 1. The van der Waals surface area contributed by atoms with Crippen molar-refractivity contribution in [1.82, 2.24) is 10.2 Å². The highest BCUT2D eigenvalue weighted by Crippen LogP contribution is 2.20. The molecule has 1 aromatic rings.